The molecule has 0 saturated heterocycles. The predicted molar refractivity (Wildman–Crippen MR) is 103 cm³/mol. The summed E-state index contributed by atoms with van der Waals surface area (Å²) in [5.74, 6) is -1.76. The van der Waals surface area contributed by atoms with Crippen LogP contribution in [0.4, 0.5) is 0 Å². The van der Waals surface area contributed by atoms with Crippen LogP contribution in [-0.4, -0.2) is 27.6 Å². The van der Waals surface area contributed by atoms with Crippen molar-refractivity contribution in [1.29, 1.82) is 0 Å². The van der Waals surface area contributed by atoms with E-state index in [1.165, 1.54) is 16.7 Å². The molecular weight excluding hydrogens is 368 g/mol. The molecule has 1 aromatic heterocycles. The number of hydrogen-bond acceptors (Lipinski definition) is 3. The minimum absolute atomic E-state index is 0.119. The van der Waals surface area contributed by atoms with Crippen molar-refractivity contribution in [2.75, 3.05) is 0 Å². The predicted octanol–water partition coefficient (Wildman–Crippen LogP) is 2.62. The van der Waals surface area contributed by atoms with Crippen LogP contribution in [0.5, 0.6) is 0 Å². The number of aromatic nitrogens is 1. The van der Waals surface area contributed by atoms with Gasteiger partial charge in [0.2, 0.25) is 0 Å². The topological polar surface area (TPSA) is 88.4 Å². The second-order valence-electron chi connectivity index (χ2n) is 6.17. The summed E-state index contributed by atoms with van der Waals surface area (Å²) in [6.07, 6.45) is -0.119. The molecule has 0 spiro atoms. The highest BCUT2D eigenvalue weighted by Gasteiger charge is 2.23. The van der Waals surface area contributed by atoms with Crippen molar-refractivity contribution in [3.63, 3.8) is 0 Å². The van der Waals surface area contributed by atoms with Gasteiger partial charge < -0.3 is 15.0 Å². The highest BCUT2D eigenvalue weighted by Crippen LogP contribution is 2.14. The van der Waals surface area contributed by atoms with Crippen LogP contribution in [0.25, 0.3) is 10.9 Å². The number of rotatable bonds is 5. The Labute approximate surface area is 160 Å². The van der Waals surface area contributed by atoms with E-state index >= 15 is 0 Å². The maximum absolute atomic E-state index is 12.6. The van der Waals surface area contributed by atoms with E-state index in [1.807, 2.05) is 24.3 Å². The van der Waals surface area contributed by atoms with Crippen molar-refractivity contribution in [3.05, 3.63) is 81.1 Å². The van der Waals surface area contributed by atoms with Crippen LogP contribution in [0.3, 0.4) is 0 Å². The van der Waals surface area contributed by atoms with Gasteiger partial charge in [-0.25, -0.2) is 4.79 Å². The third-order valence-corrected chi connectivity index (χ3v) is 4.59. The number of hydrogen-bond donors (Lipinski definition) is 2. The number of nitrogens with one attached hydrogen (secondary N) is 1. The van der Waals surface area contributed by atoms with Gasteiger partial charge in [0.25, 0.3) is 11.5 Å². The van der Waals surface area contributed by atoms with E-state index < -0.39 is 17.9 Å². The summed E-state index contributed by atoms with van der Waals surface area (Å²) in [6.45, 7) is 0. The number of benzene rings is 2. The van der Waals surface area contributed by atoms with E-state index in [-0.39, 0.29) is 17.5 Å². The molecule has 0 aliphatic rings. The Hall–Kier alpha value is -3.12. The molecule has 3 aromatic rings. The molecule has 0 aliphatic heterocycles. The fourth-order valence-corrected chi connectivity index (χ4v) is 3.02. The number of fused-ring (bicyclic) bond motifs is 1. The summed E-state index contributed by atoms with van der Waals surface area (Å²) in [5.41, 5.74) is 1.07. The van der Waals surface area contributed by atoms with Crippen LogP contribution in [0.2, 0.25) is 5.02 Å². The number of carbonyl (C=O) groups excluding carboxylic acids is 1. The zero-order chi connectivity index (χ0) is 19.6. The number of aliphatic carboxylic acids is 1. The highest BCUT2D eigenvalue weighted by atomic mass is 35.5. The number of carboxylic acid groups (broad SMARTS) is 1. The molecule has 0 bridgehead atoms. The van der Waals surface area contributed by atoms with Gasteiger partial charge >= 0.3 is 5.97 Å². The molecule has 0 aliphatic carbocycles. The number of halogens is 1. The molecule has 0 fully saturated rings. The first-order chi connectivity index (χ1) is 12.9. The lowest BCUT2D eigenvalue weighted by atomic mass is 10.0. The molecule has 2 aromatic carbocycles. The maximum Gasteiger partial charge on any atom is 0.326 e. The first-order valence-electron chi connectivity index (χ1n) is 8.23. The Morgan fingerprint density at radius 1 is 1.15 bits per heavy atom. The molecule has 7 heteroatoms. The molecule has 1 atom stereocenters. The fraction of sp³-hybridized carbons (Fsp3) is 0.150. The van der Waals surface area contributed by atoms with E-state index in [4.69, 9.17) is 11.6 Å². The van der Waals surface area contributed by atoms with Crippen LogP contribution in [-0.2, 0) is 18.3 Å². The average molecular weight is 385 g/mol. The second kappa shape index (κ2) is 7.63. The third kappa shape index (κ3) is 4.01. The van der Waals surface area contributed by atoms with Crippen molar-refractivity contribution in [3.8, 4) is 0 Å². The van der Waals surface area contributed by atoms with Gasteiger partial charge in [0.15, 0.2) is 0 Å². The number of nitrogens with zero attached hydrogens (tertiary/aromatic N) is 1. The molecule has 3 rings (SSSR count). The highest BCUT2D eigenvalue weighted by molar-refractivity contribution is 6.30. The smallest absolute Gasteiger partial charge is 0.326 e. The first kappa shape index (κ1) is 18.7. The molecule has 27 heavy (non-hydrogen) atoms. The van der Waals surface area contributed by atoms with Crippen LogP contribution in [0.15, 0.2) is 59.4 Å². The number of carboxylic acids is 1. The monoisotopic (exact) mass is 384 g/mol. The Morgan fingerprint density at radius 3 is 2.48 bits per heavy atom. The van der Waals surface area contributed by atoms with E-state index in [9.17, 15) is 19.5 Å². The number of pyridine rings is 1. The summed E-state index contributed by atoms with van der Waals surface area (Å²) in [6, 6.07) is 13.9. The Balaban J connectivity index is 1.89. The normalized spacial score (nSPS) is 11.9. The van der Waals surface area contributed by atoms with Gasteiger partial charge in [0.1, 0.15) is 6.04 Å². The first-order valence-corrected chi connectivity index (χ1v) is 8.61. The molecule has 2 N–H and O–H groups in total. The molecule has 1 heterocycles. The minimum Gasteiger partial charge on any atom is -0.480 e. The van der Waals surface area contributed by atoms with Gasteiger partial charge in [0, 0.05) is 29.6 Å². The Kier molecular flexibility index (Phi) is 5.28. The largest absolute Gasteiger partial charge is 0.480 e. The zero-order valence-electron chi connectivity index (χ0n) is 14.5. The van der Waals surface area contributed by atoms with Gasteiger partial charge in [0.05, 0.1) is 5.52 Å². The van der Waals surface area contributed by atoms with Gasteiger partial charge in [-0.05, 0) is 41.8 Å². The van der Waals surface area contributed by atoms with Crippen molar-refractivity contribution in [2.24, 2.45) is 7.05 Å². The quantitative estimate of drug-likeness (QED) is 0.707. The standard InChI is InChI=1S/C20H17ClN2O4/c1-23-17-5-3-2-4-13(17)10-14(19(23)25)11-16(20(26)27)22-18(24)12-6-8-15(21)9-7-12/h2-10,16H,11H2,1H3,(H,22,24)(H,26,27). The number of para-hydroxylation sites is 1. The summed E-state index contributed by atoms with van der Waals surface area (Å²) >= 11 is 5.80. The SMILES string of the molecule is Cn1c(=O)c(CC(NC(=O)c2ccc(Cl)cc2)C(=O)O)cc2ccccc21. The van der Waals surface area contributed by atoms with E-state index in [2.05, 4.69) is 5.32 Å². The maximum atomic E-state index is 12.6. The summed E-state index contributed by atoms with van der Waals surface area (Å²) in [7, 11) is 1.64. The number of aryl methyl sites for hydroxylation is 1. The molecule has 6 nitrogen and oxygen atoms in total. The summed E-state index contributed by atoms with van der Waals surface area (Å²) < 4.78 is 1.48. The number of carbonyl (C=O) groups is 2. The van der Waals surface area contributed by atoms with Crippen molar-refractivity contribution in [2.45, 2.75) is 12.5 Å². The van der Waals surface area contributed by atoms with Crippen LogP contribution in [0.1, 0.15) is 15.9 Å². The number of amides is 1. The Morgan fingerprint density at radius 2 is 1.81 bits per heavy atom. The van der Waals surface area contributed by atoms with Gasteiger partial charge in [-0.2, -0.15) is 0 Å². The van der Waals surface area contributed by atoms with Crippen LogP contribution in [0, 0.1) is 0 Å². The molecular formula is C20H17ClN2O4. The summed E-state index contributed by atoms with van der Waals surface area (Å²) in [5, 5.41) is 13.3. The summed E-state index contributed by atoms with van der Waals surface area (Å²) in [4.78, 5) is 36.5. The van der Waals surface area contributed by atoms with E-state index in [0.717, 1.165) is 10.9 Å². The Bertz CT molecular complexity index is 1070. The fourth-order valence-electron chi connectivity index (χ4n) is 2.90. The van der Waals surface area contributed by atoms with Crippen molar-refractivity contribution in [1.82, 2.24) is 9.88 Å². The van der Waals surface area contributed by atoms with Crippen molar-refractivity contribution < 1.29 is 14.7 Å². The van der Waals surface area contributed by atoms with Crippen molar-refractivity contribution >= 4 is 34.4 Å². The second-order valence-corrected chi connectivity index (χ2v) is 6.60. The van der Waals surface area contributed by atoms with E-state index in [1.54, 1.807) is 25.2 Å². The molecule has 0 radical (unpaired) electrons. The van der Waals surface area contributed by atoms with E-state index in [0.29, 0.717) is 10.6 Å². The molecule has 1 amide bonds. The lowest BCUT2D eigenvalue weighted by molar-refractivity contribution is -0.139. The minimum atomic E-state index is -1.23. The molecule has 1 unspecified atom stereocenters. The van der Waals surface area contributed by atoms with Crippen LogP contribution >= 0.6 is 11.6 Å². The lowest BCUT2D eigenvalue weighted by Gasteiger charge is -2.16. The zero-order valence-corrected chi connectivity index (χ0v) is 15.2. The molecule has 0 saturated carbocycles. The van der Waals surface area contributed by atoms with Gasteiger partial charge in [-0.1, -0.05) is 29.8 Å². The van der Waals surface area contributed by atoms with Gasteiger partial charge in [-0.3, -0.25) is 9.59 Å². The van der Waals surface area contributed by atoms with Gasteiger partial charge in [-0.15, -0.1) is 0 Å². The molecule has 138 valence electrons. The van der Waals surface area contributed by atoms with Crippen LogP contribution < -0.4 is 10.9 Å². The lowest BCUT2D eigenvalue weighted by Crippen LogP contribution is -2.43. The average Bonchev–Trinajstić information content (AvgIpc) is 2.65. The third-order valence-electron chi connectivity index (χ3n) is 4.34.